The van der Waals surface area contributed by atoms with Gasteiger partial charge in [0, 0.05) is 44.1 Å². The number of morpholine rings is 1. The monoisotopic (exact) mass is 373 g/mol. The Balaban J connectivity index is 1.56. The summed E-state index contributed by atoms with van der Waals surface area (Å²) in [5.74, 6) is 2.17. The molecule has 2 aromatic heterocycles. The van der Waals surface area contributed by atoms with Crippen molar-refractivity contribution in [3.63, 3.8) is 0 Å². The third kappa shape index (κ3) is 3.22. The lowest BCUT2D eigenvalue weighted by atomic mass is 9.97. The number of rotatable bonds is 3. The Kier molecular flexibility index (Phi) is 4.79. The van der Waals surface area contributed by atoms with Crippen molar-refractivity contribution in [3.8, 4) is 0 Å². The Labute approximate surface area is 158 Å². The number of thiophene rings is 1. The molecule has 2 fully saturated rings. The van der Waals surface area contributed by atoms with Crippen LogP contribution in [0.2, 0.25) is 0 Å². The molecule has 2 saturated heterocycles. The molecule has 1 N–H and O–H groups in total. The van der Waals surface area contributed by atoms with Crippen LogP contribution in [-0.4, -0.2) is 67.4 Å². The SMILES string of the molecule is C1CCc2c(sc3nc(CN4CCOCC4)nc(N4CCNCC4)c23)C1. The molecule has 0 aromatic carbocycles. The Hall–Kier alpha value is -1.28. The van der Waals surface area contributed by atoms with Crippen LogP contribution in [0.3, 0.4) is 0 Å². The number of anilines is 1. The van der Waals surface area contributed by atoms with Gasteiger partial charge in [0.15, 0.2) is 0 Å². The summed E-state index contributed by atoms with van der Waals surface area (Å²) in [6, 6.07) is 0. The van der Waals surface area contributed by atoms with Crippen LogP contribution in [0.5, 0.6) is 0 Å². The molecule has 2 aromatic rings. The van der Waals surface area contributed by atoms with E-state index in [0.29, 0.717) is 0 Å². The Bertz CT molecular complexity index is 780. The summed E-state index contributed by atoms with van der Waals surface area (Å²) in [6.45, 7) is 8.58. The molecule has 0 spiro atoms. The van der Waals surface area contributed by atoms with Gasteiger partial charge < -0.3 is 15.0 Å². The largest absolute Gasteiger partial charge is 0.379 e. The number of nitrogens with zero attached hydrogens (tertiary/aromatic N) is 4. The van der Waals surface area contributed by atoms with Crippen LogP contribution >= 0.6 is 11.3 Å². The maximum atomic E-state index is 5.49. The smallest absolute Gasteiger partial charge is 0.146 e. The van der Waals surface area contributed by atoms with Crippen molar-refractivity contribution >= 4 is 27.4 Å². The number of fused-ring (bicyclic) bond motifs is 3. The highest BCUT2D eigenvalue weighted by atomic mass is 32.1. The van der Waals surface area contributed by atoms with Gasteiger partial charge in [-0.25, -0.2) is 9.97 Å². The lowest BCUT2D eigenvalue weighted by Crippen LogP contribution is -2.44. The van der Waals surface area contributed by atoms with E-state index in [1.54, 1.807) is 10.4 Å². The minimum Gasteiger partial charge on any atom is -0.379 e. The molecule has 0 saturated carbocycles. The summed E-state index contributed by atoms with van der Waals surface area (Å²) >= 11 is 1.92. The summed E-state index contributed by atoms with van der Waals surface area (Å²) in [4.78, 5) is 17.8. The summed E-state index contributed by atoms with van der Waals surface area (Å²) in [5.41, 5.74) is 1.54. The third-order valence-electron chi connectivity index (χ3n) is 5.73. The Morgan fingerprint density at radius 1 is 1.00 bits per heavy atom. The van der Waals surface area contributed by atoms with Crippen LogP contribution in [-0.2, 0) is 24.1 Å². The summed E-state index contributed by atoms with van der Waals surface area (Å²) in [7, 11) is 0. The van der Waals surface area contributed by atoms with Crippen molar-refractivity contribution in [3.05, 3.63) is 16.3 Å². The maximum absolute atomic E-state index is 5.49. The molecule has 26 heavy (non-hydrogen) atoms. The van der Waals surface area contributed by atoms with Crippen molar-refractivity contribution in [1.82, 2.24) is 20.2 Å². The van der Waals surface area contributed by atoms with E-state index >= 15 is 0 Å². The first kappa shape index (κ1) is 16.9. The number of aryl methyl sites for hydroxylation is 2. The molecule has 0 unspecified atom stereocenters. The lowest BCUT2D eigenvalue weighted by molar-refractivity contribution is 0.0331. The molecule has 6 nitrogen and oxygen atoms in total. The molecule has 1 aliphatic carbocycles. The van der Waals surface area contributed by atoms with Gasteiger partial charge >= 0.3 is 0 Å². The summed E-state index contributed by atoms with van der Waals surface area (Å²) < 4.78 is 5.49. The highest BCUT2D eigenvalue weighted by Crippen LogP contribution is 2.39. The second-order valence-electron chi connectivity index (χ2n) is 7.48. The van der Waals surface area contributed by atoms with Gasteiger partial charge in [-0.1, -0.05) is 0 Å². The van der Waals surface area contributed by atoms with Crippen LogP contribution in [0, 0.1) is 0 Å². The average Bonchev–Trinajstić information content (AvgIpc) is 3.07. The van der Waals surface area contributed by atoms with E-state index < -0.39 is 0 Å². The summed E-state index contributed by atoms with van der Waals surface area (Å²) in [5, 5.41) is 4.82. The van der Waals surface area contributed by atoms with Gasteiger partial charge in [-0.15, -0.1) is 11.3 Å². The fraction of sp³-hybridized carbons (Fsp3) is 0.684. The Morgan fingerprint density at radius 3 is 2.65 bits per heavy atom. The quantitative estimate of drug-likeness (QED) is 0.886. The predicted molar refractivity (Wildman–Crippen MR) is 105 cm³/mol. The van der Waals surface area contributed by atoms with Gasteiger partial charge in [-0.05, 0) is 31.2 Å². The number of ether oxygens (including phenoxy) is 1. The van der Waals surface area contributed by atoms with Crippen LogP contribution in [0.4, 0.5) is 5.82 Å². The molecule has 5 rings (SSSR count). The zero-order chi connectivity index (χ0) is 17.3. The molecule has 3 aliphatic rings. The van der Waals surface area contributed by atoms with E-state index in [-0.39, 0.29) is 0 Å². The molecular weight excluding hydrogens is 346 g/mol. The van der Waals surface area contributed by atoms with Crippen molar-refractivity contribution in [2.75, 3.05) is 57.4 Å². The number of aromatic nitrogens is 2. The van der Waals surface area contributed by atoms with Gasteiger partial charge in [0.2, 0.25) is 0 Å². The average molecular weight is 374 g/mol. The Morgan fingerprint density at radius 2 is 1.81 bits per heavy atom. The second-order valence-corrected chi connectivity index (χ2v) is 8.56. The highest BCUT2D eigenvalue weighted by molar-refractivity contribution is 7.19. The second kappa shape index (κ2) is 7.38. The van der Waals surface area contributed by atoms with Crippen LogP contribution < -0.4 is 10.2 Å². The van der Waals surface area contributed by atoms with Gasteiger partial charge in [-0.2, -0.15) is 0 Å². The minimum absolute atomic E-state index is 0.820. The molecular formula is C19H27N5OS. The van der Waals surface area contributed by atoms with Gasteiger partial charge in [0.05, 0.1) is 25.1 Å². The lowest BCUT2D eigenvalue weighted by Gasteiger charge is -2.30. The fourth-order valence-electron chi connectivity index (χ4n) is 4.32. The van der Waals surface area contributed by atoms with Crippen LogP contribution in [0.25, 0.3) is 10.2 Å². The predicted octanol–water partition coefficient (Wildman–Crippen LogP) is 1.81. The number of nitrogens with one attached hydrogen (secondary N) is 1. The molecule has 4 heterocycles. The molecule has 0 bridgehead atoms. The van der Waals surface area contributed by atoms with Crippen molar-refractivity contribution in [2.24, 2.45) is 0 Å². The molecule has 0 amide bonds. The van der Waals surface area contributed by atoms with Gasteiger partial charge in [0.25, 0.3) is 0 Å². The zero-order valence-corrected chi connectivity index (χ0v) is 16.1. The van der Waals surface area contributed by atoms with E-state index in [9.17, 15) is 0 Å². The first-order valence-electron chi connectivity index (χ1n) is 9.95. The van der Waals surface area contributed by atoms with E-state index in [2.05, 4.69) is 15.1 Å². The van der Waals surface area contributed by atoms with E-state index in [0.717, 1.165) is 64.9 Å². The topological polar surface area (TPSA) is 53.5 Å². The molecule has 0 radical (unpaired) electrons. The number of hydrogen-bond acceptors (Lipinski definition) is 7. The van der Waals surface area contributed by atoms with Crippen molar-refractivity contribution in [1.29, 1.82) is 0 Å². The molecule has 2 aliphatic heterocycles. The van der Waals surface area contributed by atoms with Gasteiger partial charge in [-0.3, -0.25) is 4.90 Å². The zero-order valence-electron chi connectivity index (χ0n) is 15.3. The number of piperazine rings is 1. The molecule has 140 valence electrons. The normalized spacial score (nSPS) is 21.9. The van der Waals surface area contributed by atoms with E-state index in [1.807, 2.05) is 11.3 Å². The van der Waals surface area contributed by atoms with Crippen molar-refractivity contribution in [2.45, 2.75) is 32.2 Å². The van der Waals surface area contributed by atoms with Crippen LogP contribution in [0.15, 0.2) is 0 Å². The highest BCUT2D eigenvalue weighted by Gasteiger charge is 2.25. The first-order chi connectivity index (χ1) is 12.9. The molecule has 0 atom stereocenters. The molecule has 7 heteroatoms. The van der Waals surface area contributed by atoms with E-state index in [4.69, 9.17) is 14.7 Å². The summed E-state index contributed by atoms with van der Waals surface area (Å²) in [6.07, 6.45) is 5.03. The standard InChI is InChI=1S/C19H27N5OS/c1-2-4-15-14(3-1)17-18(24-7-5-20-6-8-24)21-16(22-19(17)26-15)13-23-9-11-25-12-10-23/h20H,1-13H2. The van der Waals surface area contributed by atoms with Crippen LogP contribution in [0.1, 0.15) is 29.1 Å². The van der Waals surface area contributed by atoms with Crippen molar-refractivity contribution < 1.29 is 4.74 Å². The van der Waals surface area contributed by atoms with E-state index in [1.165, 1.54) is 41.7 Å². The fourth-order valence-corrected chi connectivity index (χ4v) is 5.59. The number of hydrogen-bond donors (Lipinski definition) is 1. The maximum Gasteiger partial charge on any atom is 0.146 e. The van der Waals surface area contributed by atoms with Gasteiger partial charge in [0.1, 0.15) is 16.5 Å². The third-order valence-corrected chi connectivity index (χ3v) is 6.91. The first-order valence-corrected chi connectivity index (χ1v) is 10.8. The minimum atomic E-state index is 0.820.